The van der Waals surface area contributed by atoms with Crippen LogP contribution in [0, 0.1) is 12.8 Å². The Kier molecular flexibility index (Phi) is 3.71. The third-order valence-electron chi connectivity index (χ3n) is 3.83. The van der Waals surface area contributed by atoms with Crippen LogP contribution in [0.2, 0.25) is 0 Å². The molecule has 0 heterocycles. The Bertz CT molecular complexity index is 440. The van der Waals surface area contributed by atoms with Crippen molar-refractivity contribution in [3.05, 3.63) is 35.4 Å². The Morgan fingerprint density at radius 1 is 1.50 bits per heavy atom. The molecule has 18 heavy (non-hydrogen) atoms. The molecular weight excluding hydrogens is 226 g/mol. The molecule has 1 fully saturated rings. The van der Waals surface area contributed by atoms with Gasteiger partial charge in [0.2, 0.25) is 0 Å². The maximum atomic E-state index is 12.2. The van der Waals surface area contributed by atoms with E-state index in [0.29, 0.717) is 12.5 Å². The first-order chi connectivity index (χ1) is 8.62. The number of esters is 1. The number of carbonyl (C=O) groups excluding carboxylic acids is 1. The van der Waals surface area contributed by atoms with Gasteiger partial charge in [0.25, 0.3) is 0 Å². The van der Waals surface area contributed by atoms with Crippen molar-refractivity contribution in [1.82, 2.24) is 0 Å². The molecule has 0 amide bonds. The van der Waals surface area contributed by atoms with Gasteiger partial charge in [0.1, 0.15) is 5.41 Å². The third kappa shape index (κ3) is 2.41. The Labute approximate surface area is 108 Å². The van der Waals surface area contributed by atoms with Crippen molar-refractivity contribution in [3.8, 4) is 0 Å². The van der Waals surface area contributed by atoms with Crippen molar-refractivity contribution in [1.29, 1.82) is 0 Å². The number of benzene rings is 1. The van der Waals surface area contributed by atoms with Gasteiger partial charge in [-0.1, -0.05) is 42.7 Å². The lowest BCUT2D eigenvalue weighted by atomic mass is 9.75. The maximum absolute atomic E-state index is 12.2. The minimum Gasteiger partial charge on any atom is -0.468 e. The molecule has 0 aromatic heterocycles. The average Bonchev–Trinajstić information content (AvgIpc) is 3.19. The van der Waals surface area contributed by atoms with Crippen molar-refractivity contribution < 1.29 is 9.53 Å². The summed E-state index contributed by atoms with van der Waals surface area (Å²) in [5.41, 5.74) is 7.41. The number of methoxy groups -OCH3 is 1. The summed E-state index contributed by atoms with van der Waals surface area (Å²) in [5, 5.41) is 0. The van der Waals surface area contributed by atoms with E-state index in [4.69, 9.17) is 10.5 Å². The van der Waals surface area contributed by atoms with Crippen LogP contribution in [-0.2, 0) is 14.9 Å². The zero-order valence-electron chi connectivity index (χ0n) is 11.1. The normalized spacial score (nSPS) is 18.2. The molecule has 1 atom stereocenters. The molecule has 0 bridgehead atoms. The van der Waals surface area contributed by atoms with Gasteiger partial charge >= 0.3 is 5.97 Å². The van der Waals surface area contributed by atoms with Gasteiger partial charge < -0.3 is 10.5 Å². The predicted molar refractivity (Wildman–Crippen MR) is 71.3 cm³/mol. The van der Waals surface area contributed by atoms with Crippen molar-refractivity contribution in [2.24, 2.45) is 11.7 Å². The SMILES string of the molecule is COC(=O)C(CN)(CC1CC1)c1cccc(C)c1. The molecule has 0 radical (unpaired) electrons. The van der Waals surface area contributed by atoms with Gasteiger partial charge in [-0.25, -0.2) is 0 Å². The highest BCUT2D eigenvalue weighted by atomic mass is 16.5. The number of nitrogens with two attached hydrogens (primary N) is 1. The summed E-state index contributed by atoms with van der Waals surface area (Å²) in [7, 11) is 1.44. The zero-order valence-corrected chi connectivity index (χ0v) is 11.1. The molecule has 3 nitrogen and oxygen atoms in total. The van der Waals surface area contributed by atoms with Gasteiger partial charge in [0.05, 0.1) is 7.11 Å². The van der Waals surface area contributed by atoms with Crippen LogP contribution < -0.4 is 5.73 Å². The Morgan fingerprint density at radius 2 is 2.22 bits per heavy atom. The van der Waals surface area contributed by atoms with Crippen LogP contribution in [0.15, 0.2) is 24.3 Å². The summed E-state index contributed by atoms with van der Waals surface area (Å²) >= 11 is 0. The molecular formula is C15H21NO2. The van der Waals surface area contributed by atoms with Crippen molar-refractivity contribution >= 4 is 5.97 Å². The highest BCUT2D eigenvalue weighted by molar-refractivity contribution is 5.83. The first-order valence-electron chi connectivity index (χ1n) is 6.48. The lowest BCUT2D eigenvalue weighted by Gasteiger charge is -2.30. The summed E-state index contributed by atoms with van der Waals surface area (Å²) in [5.74, 6) is 0.413. The molecule has 1 aromatic rings. The van der Waals surface area contributed by atoms with E-state index < -0.39 is 5.41 Å². The van der Waals surface area contributed by atoms with Crippen LogP contribution in [-0.4, -0.2) is 19.6 Å². The Balaban J connectivity index is 2.41. The standard InChI is InChI=1S/C15H21NO2/c1-11-4-3-5-13(8-11)15(10-16,14(17)18-2)9-12-6-7-12/h3-5,8,12H,6-7,9-10,16H2,1-2H3. The Morgan fingerprint density at radius 3 is 2.72 bits per heavy atom. The molecule has 1 aromatic carbocycles. The van der Waals surface area contributed by atoms with E-state index in [9.17, 15) is 4.79 Å². The molecule has 1 aliphatic rings. The van der Waals surface area contributed by atoms with Gasteiger partial charge in [0, 0.05) is 6.54 Å². The van der Waals surface area contributed by atoms with Gasteiger partial charge in [-0.15, -0.1) is 0 Å². The molecule has 1 aliphatic carbocycles. The smallest absolute Gasteiger partial charge is 0.317 e. The quantitative estimate of drug-likeness (QED) is 0.811. The molecule has 98 valence electrons. The number of hydrogen-bond donors (Lipinski definition) is 1. The fourth-order valence-corrected chi connectivity index (χ4v) is 2.56. The molecule has 1 saturated carbocycles. The topological polar surface area (TPSA) is 52.3 Å². The minimum atomic E-state index is -0.665. The monoisotopic (exact) mass is 247 g/mol. The van der Waals surface area contributed by atoms with Crippen molar-refractivity contribution in [2.75, 3.05) is 13.7 Å². The zero-order chi connectivity index (χ0) is 13.2. The molecule has 2 rings (SSSR count). The van der Waals surface area contributed by atoms with E-state index >= 15 is 0 Å². The fraction of sp³-hybridized carbons (Fsp3) is 0.533. The van der Waals surface area contributed by atoms with E-state index in [0.717, 1.165) is 17.5 Å². The molecule has 0 saturated heterocycles. The summed E-state index contributed by atoms with van der Waals surface area (Å²) in [6.07, 6.45) is 3.20. The summed E-state index contributed by atoms with van der Waals surface area (Å²) in [4.78, 5) is 12.2. The number of carbonyl (C=O) groups is 1. The van der Waals surface area contributed by atoms with Gasteiger partial charge in [-0.05, 0) is 24.8 Å². The van der Waals surface area contributed by atoms with Gasteiger partial charge in [-0.3, -0.25) is 4.79 Å². The number of rotatable bonds is 5. The highest BCUT2D eigenvalue weighted by Gasteiger charge is 2.44. The largest absolute Gasteiger partial charge is 0.468 e. The molecule has 0 aliphatic heterocycles. The average molecular weight is 247 g/mol. The van der Waals surface area contributed by atoms with Crippen LogP contribution in [0.3, 0.4) is 0 Å². The first kappa shape index (κ1) is 13.1. The van der Waals surface area contributed by atoms with E-state index in [1.54, 1.807) is 0 Å². The van der Waals surface area contributed by atoms with E-state index in [2.05, 4.69) is 0 Å². The fourth-order valence-electron chi connectivity index (χ4n) is 2.56. The van der Waals surface area contributed by atoms with E-state index in [1.807, 2.05) is 31.2 Å². The van der Waals surface area contributed by atoms with Crippen molar-refractivity contribution in [3.63, 3.8) is 0 Å². The molecule has 3 heteroatoms. The van der Waals surface area contributed by atoms with Gasteiger partial charge in [0.15, 0.2) is 0 Å². The first-order valence-corrected chi connectivity index (χ1v) is 6.48. The van der Waals surface area contributed by atoms with Gasteiger partial charge in [-0.2, -0.15) is 0 Å². The second-order valence-corrected chi connectivity index (χ2v) is 5.29. The maximum Gasteiger partial charge on any atom is 0.317 e. The van der Waals surface area contributed by atoms with Crippen LogP contribution in [0.4, 0.5) is 0 Å². The second kappa shape index (κ2) is 5.11. The van der Waals surface area contributed by atoms with Crippen LogP contribution in [0.1, 0.15) is 30.4 Å². The Hall–Kier alpha value is -1.35. The molecule has 2 N–H and O–H groups in total. The lowest BCUT2D eigenvalue weighted by molar-refractivity contribution is -0.147. The van der Waals surface area contributed by atoms with Crippen molar-refractivity contribution in [2.45, 2.75) is 31.6 Å². The second-order valence-electron chi connectivity index (χ2n) is 5.29. The predicted octanol–water partition coefficient (Wildman–Crippen LogP) is 2.16. The number of ether oxygens (including phenoxy) is 1. The van der Waals surface area contributed by atoms with E-state index in [1.165, 1.54) is 20.0 Å². The third-order valence-corrected chi connectivity index (χ3v) is 3.83. The number of hydrogen-bond acceptors (Lipinski definition) is 3. The number of aryl methyl sites for hydroxylation is 1. The summed E-state index contributed by atoms with van der Waals surface area (Å²) in [6, 6.07) is 8.04. The minimum absolute atomic E-state index is 0.206. The highest BCUT2D eigenvalue weighted by Crippen LogP contribution is 2.42. The molecule has 1 unspecified atom stereocenters. The summed E-state index contributed by atoms with van der Waals surface area (Å²) < 4.78 is 5.01. The molecule has 0 spiro atoms. The lowest BCUT2D eigenvalue weighted by Crippen LogP contribution is -2.44. The van der Waals surface area contributed by atoms with E-state index in [-0.39, 0.29) is 5.97 Å². The van der Waals surface area contributed by atoms with Crippen LogP contribution in [0.5, 0.6) is 0 Å². The summed E-state index contributed by atoms with van der Waals surface area (Å²) in [6.45, 7) is 2.33. The van der Waals surface area contributed by atoms with Crippen LogP contribution in [0.25, 0.3) is 0 Å². The van der Waals surface area contributed by atoms with Crippen LogP contribution >= 0.6 is 0 Å².